The zero-order chi connectivity index (χ0) is 10.0. The molecule has 1 aromatic rings. The molecule has 0 spiro atoms. The Balaban J connectivity index is 3.15. The van der Waals surface area contributed by atoms with Crippen LogP contribution in [0.5, 0.6) is 0 Å². The number of benzene rings is 1. The van der Waals surface area contributed by atoms with Gasteiger partial charge < -0.3 is 10.6 Å². The molecule has 0 saturated carbocycles. The van der Waals surface area contributed by atoms with Gasteiger partial charge in [-0.2, -0.15) is 0 Å². The lowest BCUT2D eigenvalue weighted by Crippen LogP contribution is -2.32. The first kappa shape index (κ1) is 10.2. The van der Waals surface area contributed by atoms with Gasteiger partial charge in [0.2, 0.25) is 0 Å². The first-order chi connectivity index (χ1) is 6.04. The summed E-state index contributed by atoms with van der Waals surface area (Å²) < 4.78 is 0. The molecule has 1 aromatic carbocycles. The van der Waals surface area contributed by atoms with Gasteiger partial charge in [-0.05, 0) is 12.1 Å². The Morgan fingerprint density at radius 2 is 2.08 bits per heavy atom. The smallest absolute Gasteiger partial charge is 0.192 e. The topological polar surface area (TPSA) is 53.1 Å². The van der Waals surface area contributed by atoms with Crippen LogP contribution in [-0.2, 0) is 0 Å². The third-order valence-electron chi connectivity index (χ3n) is 1.65. The molecular formula is C8H9Cl2N3. The predicted octanol–water partition coefficient (Wildman–Crippen LogP) is 2.32. The first-order valence-corrected chi connectivity index (χ1v) is 4.31. The van der Waals surface area contributed by atoms with Crippen LogP contribution in [0.15, 0.2) is 18.2 Å². The van der Waals surface area contributed by atoms with Crippen molar-refractivity contribution in [2.24, 2.45) is 5.73 Å². The molecule has 0 unspecified atom stereocenters. The lowest BCUT2D eigenvalue weighted by molar-refractivity contribution is 1.20. The zero-order valence-corrected chi connectivity index (χ0v) is 8.52. The van der Waals surface area contributed by atoms with Gasteiger partial charge in [0.15, 0.2) is 5.96 Å². The van der Waals surface area contributed by atoms with Gasteiger partial charge >= 0.3 is 0 Å². The van der Waals surface area contributed by atoms with Crippen molar-refractivity contribution in [1.29, 1.82) is 5.41 Å². The molecule has 0 aliphatic carbocycles. The van der Waals surface area contributed by atoms with E-state index in [0.717, 1.165) is 0 Å². The highest BCUT2D eigenvalue weighted by atomic mass is 35.5. The summed E-state index contributed by atoms with van der Waals surface area (Å²) in [7, 11) is 1.65. The van der Waals surface area contributed by atoms with E-state index < -0.39 is 0 Å². The number of nitrogens with zero attached hydrogens (tertiary/aromatic N) is 1. The summed E-state index contributed by atoms with van der Waals surface area (Å²) in [6.45, 7) is 0. The fourth-order valence-corrected chi connectivity index (χ4v) is 1.30. The summed E-state index contributed by atoms with van der Waals surface area (Å²) >= 11 is 11.7. The van der Waals surface area contributed by atoms with Crippen LogP contribution in [0.25, 0.3) is 0 Å². The first-order valence-electron chi connectivity index (χ1n) is 3.56. The SMILES string of the molecule is CN(C(=N)N)c1cccc(Cl)c1Cl. The van der Waals surface area contributed by atoms with E-state index in [0.29, 0.717) is 15.7 Å². The Morgan fingerprint density at radius 3 is 2.62 bits per heavy atom. The fraction of sp³-hybridized carbons (Fsp3) is 0.125. The van der Waals surface area contributed by atoms with Gasteiger partial charge in [-0.3, -0.25) is 5.41 Å². The predicted molar refractivity (Wildman–Crippen MR) is 56.8 cm³/mol. The largest absolute Gasteiger partial charge is 0.370 e. The van der Waals surface area contributed by atoms with Crippen LogP contribution in [0.3, 0.4) is 0 Å². The van der Waals surface area contributed by atoms with E-state index in [1.807, 2.05) is 0 Å². The number of hydrogen-bond acceptors (Lipinski definition) is 1. The highest BCUT2D eigenvalue weighted by Crippen LogP contribution is 2.31. The molecule has 0 atom stereocenters. The number of hydrogen-bond donors (Lipinski definition) is 2. The van der Waals surface area contributed by atoms with Crippen molar-refractivity contribution in [2.45, 2.75) is 0 Å². The lowest BCUT2D eigenvalue weighted by atomic mass is 10.3. The number of halogens is 2. The van der Waals surface area contributed by atoms with Crippen LogP contribution in [0.2, 0.25) is 10.0 Å². The van der Waals surface area contributed by atoms with Gasteiger partial charge in [0.05, 0.1) is 15.7 Å². The van der Waals surface area contributed by atoms with E-state index in [1.165, 1.54) is 4.90 Å². The molecule has 3 nitrogen and oxygen atoms in total. The molecule has 0 heterocycles. The van der Waals surface area contributed by atoms with Gasteiger partial charge in [0, 0.05) is 7.05 Å². The maximum absolute atomic E-state index is 7.21. The number of guanidine groups is 1. The van der Waals surface area contributed by atoms with Crippen LogP contribution in [0.4, 0.5) is 5.69 Å². The number of rotatable bonds is 1. The van der Waals surface area contributed by atoms with Gasteiger partial charge in [-0.15, -0.1) is 0 Å². The molecule has 0 amide bonds. The Kier molecular flexibility index (Phi) is 3.01. The van der Waals surface area contributed by atoms with Crippen molar-refractivity contribution >= 4 is 34.8 Å². The second-order valence-electron chi connectivity index (χ2n) is 2.52. The molecule has 0 bridgehead atoms. The number of nitrogens with two attached hydrogens (primary N) is 1. The van der Waals surface area contributed by atoms with Crippen molar-refractivity contribution in [3.8, 4) is 0 Å². The minimum absolute atomic E-state index is 0.0795. The van der Waals surface area contributed by atoms with Gasteiger partial charge in [-0.1, -0.05) is 29.3 Å². The number of nitrogens with one attached hydrogen (secondary N) is 1. The van der Waals surface area contributed by atoms with Crippen LogP contribution in [-0.4, -0.2) is 13.0 Å². The molecule has 1 rings (SSSR count). The number of anilines is 1. The third kappa shape index (κ3) is 2.05. The molecule has 0 saturated heterocycles. The Hall–Kier alpha value is -0.930. The minimum atomic E-state index is -0.0795. The average Bonchev–Trinajstić information content (AvgIpc) is 2.08. The zero-order valence-electron chi connectivity index (χ0n) is 7.01. The molecule has 3 N–H and O–H groups in total. The monoisotopic (exact) mass is 217 g/mol. The van der Waals surface area contributed by atoms with Gasteiger partial charge in [0.25, 0.3) is 0 Å². The average molecular weight is 218 g/mol. The van der Waals surface area contributed by atoms with Crippen molar-refractivity contribution in [1.82, 2.24) is 0 Å². The van der Waals surface area contributed by atoms with E-state index in [4.69, 9.17) is 34.3 Å². The van der Waals surface area contributed by atoms with Crippen molar-refractivity contribution < 1.29 is 0 Å². The maximum atomic E-state index is 7.21. The van der Waals surface area contributed by atoms with E-state index in [1.54, 1.807) is 25.2 Å². The standard InChI is InChI=1S/C8H9Cl2N3/c1-13(8(11)12)6-4-2-3-5(9)7(6)10/h2-4H,1H3,(H3,11,12). The second kappa shape index (κ2) is 3.85. The second-order valence-corrected chi connectivity index (χ2v) is 3.30. The fourth-order valence-electron chi connectivity index (χ4n) is 0.881. The van der Waals surface area contributed by atoms with Crippen molar-refractivity contribution in [2.75, 3.05) is 11.9 Å². The normalized spacial score (nSPS) is 9.77. The van der Waals surface area contributed by atoms with Crippen LogP contribution >= 0.6 is 23.2 Å². The van der Waals surface area contributed by atoms with E-state index >= 15 is 0 Å². The molecule has 13 heavy (non-hydrogen) atoms. The summed E-state index contributed by atoms with van der Waals surface area (Å²) in [4.78, 5) is 1.45. The molecular weight excluding hydrogens is 209 g/mol. The van der Waals surface area contributed by atoms with Gasteiger partial charge in [0.1, 0.15) is 0 Å². The maximum Gasteiger partial charge on any atom is 0.192 e. The summed E-state index contributed by atoms with van der Waals surface area (Å²) in [5, 5.41) is 8.06. The van der Waals surface area contributed by atoms with Gasteiger partial charge in [-0.25, -0.2) is 0 Å². The molecule has 0 fully saturated rings. The lowest BCUT2D eigenvalue weighted by Gasteiger charge is -2.18. The Labute approximate surface area is 86.6 Å². The van der Waals surface area contributed by atoms with Crippen molar-refractivity contribution in [3.63, 3.8) is 0 Å². The van der Waals surface area contributed by atoms with E-state index in [9.17, 15) is 0 Å². The molecule has 0 radical (unpaired) electrons. The highest BCUT2D eigenvalue weighted by molar-refractivity contribution is 6.44. The summed E-state index contributed by atoms with van der Waals surface area (Å²) in [6, 6.07) is 5.18. The van der Waals surface area contributed by atoms with Crippen LogP contribution < -0.4 is 10.6 Å². The third-order valence-corrected chi connectivity index (χ3v) is 2.46. The van der Waals surface area contributed by atoms with Crippen LogP contribution in [0.1, 0.15) is 0 Å². The van der Waals surface area contributed by atoms with E-state index in [-0.39, 0.29) is 5.96 Å². The highest BCUT2D eigenvalue weighted by Gasteiger charge is 2.09. The Bertz CT molecular complexity index is 338. The summed E-state index contributed by atoms with van der Waals surface area (Å²) in [5.41, 5.74) is 5.92. The van der Waals surface area contributed by atoms with Crippen molar-refractivity contribution in [3.05, 3.63) is 28.2 Å². The quantitative estimate of drug-likeness (QED) is 0.561. The summed E-state index contributed by atoms with van der Waals surface area (Å²) in [6.07, 6.45) is 0. The van der Waals surface area contributed by atoms with E-state index in [2.05, 4.69) is 0 Å². The molecule has 0 aliphatic heterocycles. The van der Waals surface area contributed by atoms with Crippen LogP contribution in [0, 0.1) is 5.41 Å². The summed E-state index contributed by atoms with van der Waals surface area (Å²) in [5.74, 6) is -0.0795. The molecule has 70 valence electrons. The molecule has 0 aromatic heterocycles. The molecule has 0 aliphatic rings. The molecule has 5 heteroatoms. The Morgan fingerprint density at radius 1 is 1.46 bits per heavy atom. The minimum Gasteiger partial charge on any atom is -0.370 e.